The summed E-state index contributed by atoms with van der Waals surface area (Å²) in [6.45, 7) is 1.46. The van der Waals surface area contributed by atoms with Gasteiger partial charge < -0.3 is 4.74 Å². The Morgan fingerprint density at radius 1 is 1.00 bits per heavy atom. The van der Waals surface area contributed by atoms with Gasteiger partial charge in [-0.2, -0.15) is 0 Å². The van der Waals surface area contributed by atoms with Gasteiger partial charge in [-0.15, -0.1) is 0 Å². The van der Waals surface area contributed by atoms with E-state index < -0.39 is 0 Å². The first kappa shape index (κ1) is 14.8. The summed E-state index contributed by atoms with van der Waals surface area (Å²) in [5.74, 6) is 0.881. The van der Waals surface area contributed by atoms with Crippen molar-refractivity contribution in [2.24, 2.45) is 4.99 Å². The highest BCUT2D eigenvalue weighted by atomic mass is 79.9. The summed E-state index contributed by atoms with van der Waals surface area (Å²) in [7, 11) is 0. The van der Waals surface area contributed by atoms with Crippen LogP contribution in [-0.2, 0) is 6.61 Å². The Morgan fingerprint density at radius 3 is 2.45 bits per heavy atom. The highest BCUT2D eigenvalue weighted by molar-refractivity contribution is 9.09. The van der Waals surface area contributed by atoms with E-state index in [9.17, 15) is 0 Å². The molecule has 2 aromatic rings. The molecule has 104 valence electrons. The lowest BCUT2D eigenvalue weighted by atomic mass is 10.2. The van der Waals surface area contributed by atoms with Gasteiger partial charge >= 0.3 is 0 Å². The summed E-state index contributed by atoms with van der Waals surface area (Å²) in [6, 6.07) is 18.2. The van der Waals surface area contributed by atoms with Crippen molar-refractivity contribution < 1.29 is 4.74 Å². The Labute approximate surface area is 128 Å². The van der Waals surface area contributed by atoms with Crippen LogP contribution in [-0.4, -0.2) is 18.1 Å². The van der Waals surface area contributed by atoms with E-state index in [0.717, 1.165) is 29.6 Å². The summed E-state index contributed by atoms with van der Waals surface area (Å²) < 4.78 is 5.74. The van der Waals surface area contributed by atoms with E-state index in [1.165, 1.54) is 5.56 Å². The molecular weight excluding hydrogens is 314 g/mol. The summed E-state index contributed by atoms with van der Waals surface area (Å²) in [4.78, 5) is 4.36. The van der Waals surface area contributed by atoms with Gasteiger partial charge in [0, 0.05) is 18.1 Å². The molecule has 0 fully saturated rings. The van der Waals surface area contributed by atoms with E-state index in [2.05, 4.69) is 33.1 Å². The zero-order chi connectivity index (χ0) is 14.0. The van der Waals surface area contributed by atoms with Gasteiger partial charge in [0.25, 0.3) is 0 Å². The first-order chi connectivity index (χ1) is 9.88. The van der Waals surface area contributed by atoms with Crippen LogP contribution in [0.5, 0.6) is 5.75 Å². The topological polar surface area (TPSA) is 21.6 Å². The van der Waals surface area contributed by atoms with E-state index in [4.69, 9.17) is 4.74 Å². The Balaban J connectivity index is 1.84. The molecule has 0 saturated carbocycles. The summed E-state index contributed by atoms with van der Waals surface area (Å²) in [5.41, 5.74) is 2.28. The number of benzene rings is 2. The van der Waals surface area contributed by atoms with Gasteiger partial charge in [-0.25, -0.2) is 0 Å². The molecule has 0 unspecified atom stereocenters. The monoisotopic (exact) mass is 331 g/mol. The fourth-order valence-electron chi connectivity index (χ4n) is 1.71. The van der Waals surface area contributed by atoms with Crippen molar-refractivity contribution in [2.75, 3.05) is 11.9 Å². The fourth-order valence-corrected chi connectivity index (χ4v) is 1.96. The van der Waals surface area contributed by atoms with Crippen LogP contribution in [0.2, 0.25) is 0 Å². The van der Waals surface area contributed by atoms with Crippen LogP contribution in [0.1, 0.15) is 17.5 Å². The molecule has 2 aromatic carbocycles. The maximum Gasteiger partial charge on any atom is 0.119 e. The average Bonchev–Trinajstić information content (AvgIpc) is 2.52. The lowest BCUT2D eigenvalue weighted by molar-refractivity contribution is 0.306. The molecule has 0 bridgehead atoms. The van der Waals surface area contributed by atoms with Crippen LogP contribution < -0.4 is 4.74 Å². The fraction of sp³-hybridized carbons (Fsp3) is 0.235. The highest BCUT2D eigenvalue weighted by Crippen LogP contribution is 2.13. The number of ether oxygens (including phenoxy) is 1. The van der Waals surface area contributed by atoms with Crippen molar-refractivity contribution in [3.8, 4) is 5.75 Å². The highest BCUT2D eigenvalue weighted by Gasteiger charge is 1.95. The molecule has 0 saturated heterocycles. The largest absolute Gasteiger partial charge is 0.489 e. The van der Waals surface area contributed by atoms with Crippen LogP contribution in [0, 0.1) is 0 Å². The lowest BCUT2D eigenvalue weighted by Crippen LogP contribution is -1.95. The van der Waals surface area contributed by atoms with Crippen molar-refractivity contribution in [2.45, 2.75) is 13.0 Å². The number of nitrogens with zero attached hydrogens (tertiary/aromatic N) is 1. The SMILES string of the molecule is BrCCCN=Cc1ccc(OCc2ccccc2)cc1. The molecule has 0 N–H and O–H groups in total. The molecule has 0 aliphatic rings. The van der Waals surface area contributed by atoms with Gasteiger partial charge in [-0.05, 0) is 41.8 Å². The Kier molecular flexibility index (Phi) is 6.32. The Bertz CT molecular complexity index is 522. The molecule has 0 aliphatic carbocycles. The minimum atomic E-state index is 0.597. The normalized spacial score (nSPS) is 10.8. The Morgan fingerprint density at radius 2 is 1.75 bits per heavy atom. The second kappa shape index (κ2) is 8.54. The van der Waals surface area contributed by atoms with Gasteiger partial charge in [0.2, 0.25) is 0 Å². The molecule has 0 amide bonds. The molecule has 0 radical (unpaired) electrons. The maximum atomic E-state index is 5.74. The van der Waals surface area contributed by atoms with E-state index in [0.29, 0.717) is 6.61 Å². The molecular formula is C17H18BrNO. The van der Waals surface area contributed by atoms with Crippen molar-refractivity contribution in [3.63, 3.8) is 0 Å². The first-order valence-electron chi connectivity index (χ1n) is 6.71. The number of halogens is 1. The van der Waals surface area contributed by atoms with E-state index in [1.807, 2.05) is 48.7 Å². The minimum absolute atomic E-state index is 0.597. The molecule has 0 atom stereocenters. The summed E-state index contributed by atoms with van der Waals surface area (Å²) >= 11 is 3.39. The predicted octanol–water partition coefficient (Wildman–Crippen LogP) is 4.47. The van der Waals surface area contributed by atoms with E-state index in [-0.39, 0.29) is 0 Å². The van der Waals surface area contributed by atoms with E-state index >= 15 is 0 Å². The molecule has 2 rings (SSSR count). The molecule has 0 aliphatic heterocycles. The average molecular weight is 332 g/mol. The van der Waals surface area contributed by atoms with Crippen LogP contribution >= 0.6 is 15.9 Å². The smallest absolute Gasteiger partial charge is 0.119 e. The first-order valence-corrected chi connectivity index (χ1v) is 7.83. The number of hydrogen-bond acceptors (Lipinski definition) is 2. The van der Waals surface area contributed by atoms with Crippen molar-refractivity contribution in [1.29, 1.82) is 0 Å². The van der Waals surface area contributed by atoms with Gasteiger partial charge in [0.05, 0.1) is 0 Å². The van der Waals surface area contributed by atoms with Gasteiger partial charge in [-0.1, -0.05) is 46.3 Å². The van der Waals surface area contributed by atoms with Gasteiger partial charge in [0.1, 0.15) is 12.4 Å². The quantitative estimate of drug-likeness (QED) is 0.416. The van der Waals surface area contributed by atoms with Crippen LogP contribution in [0.15, 0.2) is 59.6 Å². The van der Waals surface area contributed by atoms with Gasteiger partial charge in [-0.3, -0.25) is 4.99 Å². The summed E-state index contributed by atoms with van der Waals surface area (Å²) in [5, 5.41) is 0.997. The third-order valence-corrected chi connectivity index (χ3v) is 3.35. The van der Waals surface area contributed by atoms with E-state index in [1.54, 1.807) is 0 Å². The molecule has 0 aromatic heterocycles. The zero-order valence-electron chi connectivity index (χ0n) is 11.3. The van der Waals surface area contributed by atoms with Crippen molar-refractivity contribution in [1.82, 2.24) is 0 Å². The molecule has 0 heterocycles. The van der Waals surface area contributed by atoms with Crippen LogP contribution in [0.4, 0.5) is 0 Å². The Hall–Kier alpha value is -1.61. The molecule has 20 heavy (non-hydrogen) atoms. The lowest BCUT2D eigenvalue weighted by Gasteiger charge is -2.06. The third kappa shape index (κ3) is 5.17. The number of alkyl halides is 1. The number of hydrogen-bond donors (Lipinski definition) is 0. The number of rotatable bonds is 7. The van der Waals surface area contributed by atoms with Crippen LogP contribution in [0.25, 0.3) is 0 Å². The van der Waals surface area contributed by atoms with Crippen molar-refractivity contribution in [3.05, 3.63) is 65.7 Å². The maximum absolute atomic E-state index is 5.74. The molecule has 0 spiro atoms. The number of aliphatic imine (C=N–C) groups is 1. The molecule has 2 nitrogen and oxygen atoms in total. The molecule has 3 heteroatoms. The predicted molar refractivity (Wildman–Crippen MR) is 88.1 cm³/mol. The second-order valence-electron chi connectivity index (χ2n) is 4.42. The summed E-state index contributed by atoms with van der Waals surface area (Å²) in [6.07, 6.45) is 2.97. The van der Waals surface area contributed by atoms with Crippen LogP contribution in [0.3, 0.4) is 0 Å². The zero-order valence-corrected chi connectivity index (χ0v) is 12.9. The third-order valence-electron chi connectivity index (χ3n) is 2.79. The second-order valence-corrected chi connectivity index (χ2v) is 5.21. The van der Waals surface area contributed by atoms with Gasteiger partial charge in [0.15, 0.2) is 0 Å². The standard InChI is InChI=1S/C17H18BrNO/c18-11-4-12-19-13-15-7-9-17(10-8-15)20-14-16-5-2-1-3-6-16/h1-3,5-10,13H,4,11-12,14H2. The van der Waals surface area contributed by atoms with Crippen molar-refractivity contribution >= 4 is 22.1 Å². The minimum Gasteiger partial charge on any atom is -0.489 e.